The van der Waals surface area contributed by atoms with Gasteiger partial charge >= 0.3 is 0 Å². The summed E-state index contributed by atoms with van der Waals surface area (Å²) in [5.41, 5.74) is 15.2. The van der Waals surface area contributed by atoms with Gasteiger partial charge in [-0.2, -0.15) is 0 Å². The fraction of sp³-hybridized carbons (Fsp3) is 0. The lowest BCUT2D eigenvalue weighted by atomic mass is 9.92. The van der Waals surface area contributed by atoms with Crippen LogP contribution in [0.4, 0.5) is 17.1 Å². The lowest BCUT2D eigenvalue weighted by Crippen LogP contribution is -2.11. The predicted molar refractivity (Wildman–Crippen MR) is 226 cm³/mol. The van der Waals surface area contributed by atoms with Crippen molar-refractivity contribution in [1.82, 2.24) is 0 Å². The molecule has 0 unspecified atom stereocenters. The summed E-state index contributed by atoms with van der Waals surface area (Å²) in [6, 6.07) is 80.9. The van der Waals surface area contributed by atoms with Gasteiger partial charge in [0.05, 0.1) is 5.69 Å². The summed E-state index contributed by atoms with van der Waals surface area (Å²) in [6.07, 6.45) is 0. The molecule has 0 saturated heterocycles. The molecule has 250 valence electrons. The first-order valence-corrected chi connectivity index (χ1v) is 18.2. The van der Waals surface area contributed by atoms with Crippen molar-refractivity contribution in [3.05, 3.63) is 224 Å². The van der Waals surface area contributed by atoms with Crippen LogP contribution in [0, 0.1) is 0 Å². The van der Waals surface area contributed by atoms with E-state index in [0.29, 0.717) is 0 Å². The topological polar surface area (TPSA) is 3.24 Å². The van der Waals surface area contributed by atoms with Gasteiger partial charge in [0.2, 0.25) is 0 Å². The monoisotopic (exact) mass is 675 g/mol. The molecule has 1 heteroatoms. The fourth-order valence-corrected chi connectivity index (χ4v) is 7.53. The number of nitrogens with zero attached hydrogens (tertiary/aromatic N) is 1. The average molecular weight is 676 g/mol. The second-order valence-electron chi connectivity index (χ2n) is 13.3. The molecule has 0 saturated carbocycles. The average Bonchev–Trinajstić information content (AvgIpc) is 3.25. The molecule has 0 amide bonds. The van der Waals surface area contributed by atoms with Crippen molar-refractivity contribution in [2.24, 2.45) is 0 Å². The van der Waals surface area contributed by atoms with Gasteiger partial charge in [0.1, 0.15) is 0 Å². The molecule has 9 rings (SSSR count). The zero-order valence-electron chi connectivity index (χ0n) is 29.3. The highest BCUT2D eigenvalue weighted by Gasteiger charge is 2.20. The Morgan fingerprint density at radius 1 is 0.245 bits per heavy atom. The molecule has 0 aromatic heterocycles. The van der Waals surface area contributed by atoms with Gasteiger partial charge in [0, 0.05) is 16.9 Å². The molecule has 1 nitrogen and oxygen atoms in total. The Bertz CT molecular complexity index is 2670. The molecule has 9 aromatic rings. The van der Waals surface area contributed by atoms with Crippen molar-refractivity contribution in [3.8, 4) is 55.6 Å². The third-order valence-electron chi connectivity index (χ3n) is 10.1. The molecule has 0 N–H and O–H groups in total. The van der Waals surface area contributed by atoms with Gasteiger partial charge in [-0.15, -0.1) is 0 Å². The van der Waals surface area contributed by atoms with Crippen LogP contribution in [0.2, 0.25) is 0 Å². The zero-order chi connectivity index (χ0) is 35.4. The van der Waals surface area contributed by atoms with E-state index in [4.69, 9.17) is 0 Å². The summed E-state index contributed by atoms with van der Waals surface area (Å²) in [6.45, 7) is 0. The van der Waals surface area contributed by atoms with Gasteiger partial charge in [0.15, 0.2) is 0 Å². The number of benzene rings is 9. The molecule has 0 heterocycles. The summed E-state index contributed by atoms with van der Waals surface area (Å²) < 4.78 is 0. The fourth-order valence-electron chi connectivity index (χ4n) is 7.53. The molecule has 0 fully saturated rings. The maximum Gasteiger partial charge on any atom is 0.0540 e. The lowest BCUT2D eigenvalue weighted by molar-refractivity contribution is 1.28. The summed E-state index contributed by atoms with van der Waals surface area (Å²) in [7, 11) is 0. The molecule has 0 aliphatic heterocycles. The van der Waals surface area contributed by atoms with Gasteiger partial charge in [-0.25, -0.2) is 0 Å². The number of anilines is 3. The quantitative estimate of drug-likeness (QED) is 0.155. The second kappa shape index (κ2) is 14.3. The van der Waals surface area contributed by atoms with E-state index in [1.54, 1.807) is 0 Å². The van der Waals surface area contributed by atoms with Gasteiger partial charge in [-0.3, -0.25) is 0 Å². The smallest absolute Gasteiger partial charge is 0.0540 e. The Balaban J connectivity index is 1.21. The van der Waals surface area contributed by atoms with Crippen molar-refractivity contribution in [3.63, 3.8) is 0 Å². The Hall–Kier alpha value is -6.96. The third-order valence-corrected chi connectivity index (χ3v) is 10.1. The molecule has 53 heavy (non-hydrogen) atoms. The summed E-state index contributed by atoms with van der Waals surface area (Å²) >= 11 is 0. The summed E-state index contributed by atoms with van der Waals surface area (Å²) in [5.74, 6) is 0. The van der Waals surface area contributed by atoms with Gasteiger partial charge in [0.25, 0.3) is 0 Å². The Morgan fingerprint density at radius 3 is 1.43 bits per heavy atom. The van der Waals surface area contributed by atoms with Crippen LogP contribution < -0.4 is 4.90 Å². The minimum absolute atomic E-state index is 1.09. The molecule has 0 atom stereocenters. The number of rotatable bonds is 8. The SMILES string of the molecule is c1ccc(-c2cccc(N(c3cccc(-c4cccc(-c5cccc6ccccc56)c4)c3)c3ccccc3-c3ccccc3-c3ccccc3)c2)cc1. The van der Waals surface area contributed by atoms with Crippen molar-refractivity contribution in [2.75, 3.05) is 4.90 Å². The Morgan fingerprint density at radius 2 is 0.698 bits per heavy atom. The van der Waals surface area contributed by atoms with E-state index in [0.717, 1.165) is 22.6 Å². The Labute approximate surface area is 311 Å². The van der Waals surface area contributed by atoms with Crippen LogP contribution in [0.5, 0.6) is 0 Å². The van der Waals surface area contributed by atoms with Crippen LogP contribution in [0.25, 0.3) is 66.4 Å². The first kappa shape index (κ1) is 32.0. The van der Waals surface area contributed by atoms with E-state index in [2.05, 4.69) is 229 Å². The number of fused-ring (bicyclic) bond motifs is 1. The summed E-state index contributed by atoms with van der Waals surface area (Å²) in [5, 5.41) is 2.51. The molecule has 9 aromatic carbocycles. The third kappa shape index (κ3) is 6.42. The lowest BCUT2D eigenvalue weighted by Gasteiger charge is -2.29. The van der Waals surface area contributed by atoms with Crippen molar-refractivity contribution < 1.29 is 0 Å². The van der Waals surface area contributed by atoms with E-state index in [1.165, 1.54) is 60.8 Å². The van der Waals surface area contributed by atoms with Crippen LogP contribution in [0.15, 0.2) is 224 Å². The maximum atomic E-state index is 2.42. The van der Waals surface area contributed by atoms with Crippen LogP contribution in [-0.2, 0) is 0 Å². The first-order valence-electron chi connectivity index (χ1n) is 18.2. The van der Waals surface area contributed by atoms with Crippen LogP contribution in [0.3, 0.4) is 0 Å². The van der Waals surface area contributed by atoms with Gasteiger partial charge in [-0.05, 0) is 97.2 Å². The zero-order valence-corrected chi connectivity index (χ0v) is 29.3. The Kier molecular flexibility index (Phi) is 8.66. The minimum Gasteiger partial charge on any atom is -0.310 e. The molecular weight excluding hydrogens is 639 g/mol. The highest BCUT2D eigenvalue weighted by atomic mass is 15.1. The van der Waals surface area contributed by atoms with E-state index in [9.17, 15) is 0 Å². The van der Waals surface area contributed by atoms with Crippen LogP contribution in [0.1, 0.15) is 0 Å². The standard InChI is InChI=1S/C52H37N/c1-3-17-38(18-4-1)42-24-14-27-45(36-42)53(52-34-12-11-32-51(52)50-31-10-9-30-48(50)39-19-5-2-6-20-39)46-28-15-25-43(37-46)41-23-13-26-44(35-41)49-33-16-22-40-21-7-8-29-47(40)49/h1-37H. The van der Waals surface area contributed by atoms with Crippen LogP contribution >= 0.6 is 0 Å². The highest BCUT2D eigenvalue weighted by molar-refractivity contribution is 5.98. The van der Waals surface area contributed by atoms with Crippen LogP contribution in [-0.4, -0.2) is 0 Å². The van der Waals surface area contributed by atoms with E-state index in [-0.39, 0.29) is 0 Å². The highest BCUT2D eigenvalue weighted by Crippen LogP contribution is 2.45. The molecule has 0 spiro atoms. The first-order chi connectivity index (χ1) is 26.3. The predicted octanol–water partition coefficient (Wildman–Crippen LogP) is 14.6. The van der Waals surface area contributed by atoms with E-state index >= 15 is 0 Å². The van der Waals surface area contributed by atoms with Crippen molar-refractivity contribution >= 4 is 27.8 Å². The molecule has 0 aliphatic carbocycles. The van der Waals surface area contributed by atoms with E-state index in [1.807, 2.05) is 0 Å². The molecule has 0 aliphatic rings. The van der Waals surface area contributed by atoms with Gasteiger partial charge < -0.3 is 4.90 Å². The second-order valence-corrected chi connectivity index (χ2v) is 13.3. The molecular formula is C52H37N. The molecule has 0 bridgehead atoms. The number of hydrogen-bond donors (Lipinski definition) is 0. The maximum absolute atomic E-state index is 2.42. The number of para-hydroxylation sites is 1. The molecule has 0 radical (unpaired) electrons. The van der Waals surface area contributed by atoms with E-state index < -0.39 is 0 Å². The van der Waals surface area contributed by atoms with Crippen molar-refractivity contribution in [1.29, 1.82) is 0 Å². The summed E-state index contributed by atoms with van der Waals surface area (Å²) in [4.78, 5) is 2.42. The normalized spacial score (nSPS) is 11.0. The van der Waals surface area contributed by atoms with Gasteiger partial charge in [-0.1, -0.05) is 188 Å². The number of hydrogen-bond acceptors (Lipinski definition) is 1. The van der Waals surface area contributed by atoms with Crippen molar-refractivity contribution in [2.45, 2.75) is 0 Å². The minimum atomic E-state index is 1.09. The largest absolute Gasteiger partial charge is 0.310 e.